The standard InChI is InChI=1S/C14H10ClF3N2O/c15-8-3-1-2-4-11(8)20-13(14(19)21)7-5-9(16)12(18)10(17)6-7/h1-6,13,20H,(H2,19,21). The minimum Gasteiger partial charge on any atom is -0.369 e. The molecule has 2 aromatic rings. The van der Waals surface area contributed by atoms with Gasteiger partial charge in [-0.1, -0.05) is 23.7 Å². The Morgan fingerprint density at radius 3 is 2.24 bits per heavy atom. The Balaban J connectivity index is 2.41. The number of nitrogens with one attached hydrogen (secondary N) is 1. The van der Waals surface area contributed by atoms with Crippen LogP contribution in [-0.2, 0) is 4.79 Å². The maximum atomic E-state index is 13.3. The molecule has 110 valence electrons. The maximum Gasteiger partial charge on any atom is 0.244 e. The van der Waals surface area contributed by atoms with Crippen LogP contribution in [0.25, 0.3) is 0 Å². The number of nitrogens with two attached hydrogens (primary N) is 1. The molecule has 0 saturated carbocycles. The van der Waals surface area contributed by atoms with E-state index < -0.39 is 29.4 Å². The Bertz CT molecular complexity index is 671. The van der Waals surface area contributed by atoms with Crippen LogP contribution in [0.4, 0.5) is 18.9 Å². The molecule has 3 nitrogen and oxygen atoms in total. The van der Waals surface area contributed by atoms with Crippen LogP contribution in [0.2, 0.25) is 5.02 Å². The molecule has 2 aromatic carbocycles. The number of carbonyl (C=O) groups is 1. The summed E-state index contributed by atoms with van der Waals surface area (Å²) in [6.45, 7) is 0. The average Bonchev–Trinajstić information content (AvgIpc) is 2.43. The minimum absolute atomic E-state index is 0.140. The first-order valence-corrected chi connectivity index (χ1v) is 6.22. The average molecular weight is 315 g/mol. The van der Waals surface area contributed by atoms with E-state index in [-0.39, 0.29) is 5.56 Å². The molecule has 21 heavy (non-hydrogen) atoms. The fraction of sp³-hybridized carbons (Fsp3) is 0.0714. The Morgan fingerprint density at radius 2 is 1.71 bits per heavy atom. The van der Waals surface area contributed by atoms with Gasteiger partial charge in [0.25, 0.3) is 0 Å². The summed E-state index contributed by atoms with van der Waals surface area (Å²) < 4.78 is 39.5. The van der Waals surface area contributed by atoms with E-state index in [9.17, 15) is 18.0 Å². The van der Waals surface area contributed by atoms with Crippen molar-refractivity contribution >= 4 is 23.2 Å². The molecule has 0 bridgehead atoms. The van der Waals surface area contributed by atoms with Crippen LogP contribution in [0, 0.1) is 17.5 Å². The molecular weight excluding hydrogens is 305 g/mol. The Kier molecular flexibility index (Phi) is 4.37. The summed E-state index contributed by atoms with van der Waals surface area (Å²) in [5, 5.41) is 2.97. The van der Waals surface area contributed by atoms with Gasteiger partial charge in [-0.25, -0.2) is 13.2 Å². The molecule has 3 N–H and O–H groups in total. The number of hydrogen-bond donors (Lipinski definition) is 2. The fourth-order valence-corrected chi connectivity index (χ4v) is 1.98. The van der Waals surface area contributed by atoms with Gasteiger partial charge in [-0.15, -0.1) is 0 Å². The van der Waals surface area contributed by atoms with Crippen molar-refractivity contribution in [2.24, 2.45) is 5.73 Å². The van der Waals surface area contributed by atoms with Crippen molar-refractivity contribution in [2.75, 3.05) is 5.32 Å². The number of hydrogen-bond acceptors (Lipinski definition) is 2. The van der Waals surface area contributed by atoms with Gasteiger partial charge in [0.15, 0.2) is 17.5 Å². The second-order valence-corrected chi connectivity index (χ2v) is 4.67. The predicted molar refractivity (Wildman–Crippen MR) is 73.3 cm³/mol. The summed E-state index contributed by atoms with van der Waals surface area (Å²) in [5.41, 5.74) is 5.44. The molecule has 0 fully saturated rings. The van der Waals surface area contributed by atoms with Gasteiger partial charge in [-0.05, 0) is 29.8 Å². The third-order valence-electron chi connectivity index (χ3n) is 2.80. The SMILES string of the molecule is NC(=O)C(Nc1ccccc1Cl)c1cc(F)c(F)c(F)c1. The first-order valence-electron chi connectivity index (χ1n) is 5.85. The largest absolute Gasteiger partial charge is 0.369 e. The lowest BCUT2D eigenvalue weighted by Gasteiger charge is -2.18. The van der Waals surface area contributed by atoms with Crippen molar-refractivity contribution in [1.82, 2.24) is 0 Å². The van der Waals surface area contributed by atoms with E-state index in [1.165, 1.54) is 0 Å². The molecule has 1 atom stereocenters. The van der Waals surface area contributed by atoms with E-state index in [0.717, 1.165) is 0 Å². The highest BCUT2D eigenvalue weighted by atomic mass is 35.5. The van der Waals surface area contributed by atoms with Crippen molar-refractivity contribution in [1.29, 1.82) is 0 Å². The molecular formula is C14H10ClF3N2O. The smallest absolute Gasteiger partial charge is 0.244 e. The summed E-state index contributed by atoms with van der Waals surface area (Å²) in [7, 11) is 0. The van der Waals surface area contributed by atoms with Crippen LogP contribution in [0.5, 0.6) is 0 Å². The summed E-state index contributed by atoms with van der Waals surface area (Å²) in [4.78, 5) is 11.5. The van der Waals surface area contributed by atoms with E-state index >= 15 is 0 Å². The lowest BCUT2D eigenvalue weighted by Crippen LogP contribution is -2.28. The first-order chi connectivity index (χ1) is 9.90. The van der Waals surface area contributed by atoms with Crippen LogP contribution < -0.4 is 11.1 Å². The van der Waals surface area contributed by atoms with Gasteiger partial charge in [-0.2, -0.15) is 0 Å². The molecule has 2 rings (SSSR count). The van der Waals surface area contributed by atoms with Gasteiger partial charge in [0.1, 0.15) is 6.04 Å². The second kappa shape index (κ2) is 6.05. The fourth-order valence-electron chi connectivity index (χ4n) is 1.79. The van der Waals surface area contributed by atoms with Crippen LogP contribution in [0.15, 0.2) is 36.4 Å². The van der Waals surface area contributed by atoms with E-state index in [1.807, 2.05) is 0 Å². The van der Waals surface area contributed by atoms with E-state index in [2.05, 4.69) is 5.32 Å². The van der Waals surface area contributed by atoms with Crippen molar-refractivity contribution in [3.63, 3.8) is 0 Å². The van der Waals surface area contributed by atoms with Crippen LogP contribution in [0.1, 0.15) is 11.6 Å². The van der Waals surface area contributed by atoms with Gasteiger partial charge < -0.3 is 11.1 Å². The second-order valence-electron chi connectivity index (χ2n) is 4.26. The summed E-state index contributed by atoms with van der Waals surface area (Å²) in [5.74, 6) is -5.31. The molecule has 0 spiro atoms. The first kappa shape index (κ1) is 15.2. The number of halogens is 4. The van der Waals surface area contributed by atoms with E-state index in [1.54, 1.807) is 24.3 Å². The topological polar surface area (TPSA) is 55.1 Å². The van der Waals surface area contributed by atoms with Gasteiger partial charge in [-0.3, -0.25) is 4.79 Å². The van der Waals surface area contributed by atoms with Crippen molar-refractivity contribution in [3.8, 4) is 0 Å². The Labute approximate surface area is 123 Å². The third-order valence-corrected chi connectivity index (χ3v) is 3.13. The highest BCUT2D eigenvalue weighted by Crippen LogP contribution is 2.27. The number of anilines is 1. The Morgan fingerprint density at radius 1 is 1.14 bits per heavy atom. The van der Waals surface area contributed by atoms with Crippen LogP contribution in [0.3, 0.4) is 0 Å². The van der Waals surface area contributed by atoms with Crippen molar-refractivity contribution in [3.05, 3.63) is 64.4 Å². The zero-order valence-corrected chi connectivity index (χ0v) is 11.3. The number of rotatable bonds is 4. The molecule has 0 aliphatic heterocycles. The zero-order valence-electron chi connectivity index (χ0n) is 10.5. The number of carbonyl (C=O) groups excluding carboxylic acids is 1. The summed E-state index contributed by atoms with van der Waals surface area (Å²) >= 11 is 5.93. The molecule has 7 heteroatoms. The van der Waals surface area contributed by atoms with E-state index in [4.69, 9.17) is 17.3 Å². The van der Waals surface area contributed by atoms with Crippen LogP contribution in [-0.4, -0.2) is 5.91 Å². The molecule has 1 unspecified atom stereocenters. The monoisotopic (exact) mass is 314 g/mol. The van der Waals surface area contributed by atoms with Gasteiger partial charge in [0.05, 0.1) is 10.7 Å². The molecule has 0 aliphatic carbocycles. The van der Waals surface area contributed by atoms with Gasteiger partial charge >= 0.3 is 0 Å². The molecule has 0 aromatic heterocycles. The lowest BCUT2D eigenvalue weighted by atomic mass is 10.1. The summed E-state index contributed by atoms with van der Waals surface area (Å²) in [6, 6.07) is 6.61. The number of amides is 1. The quantitative estimate of drug-likeness (QED) is 0.850. The van der Waals surface area contributed by atoms with Gasteiger partial charge in [0.2, 0.25) is 5.91 Å². The van der Waals surface area contributed by atoms with E-state index in [0.29, 0.717) is 22.8 Å². The third kappa shape index (κ3) is 3.28. The Hall–Kier alpha value is -2.21. The van der Waals surface area contributed by atoms with Crippen molar-refractivity contribution in [2.45, 2.75) is 6.04 Å². The highest BCUT2D eigenvalue weighted by molar-refractivity contribution is 6.33. The molecule has 0 saturated heterocycles. The minimum atomic E-state index is -1.61. The molecule has 0 aliphatic rings. The highest BCUT2D eigenvalue weighted by Gasteiger charge is 2.22. The molecule has 0 radical (unpaired) electrons. The maximum absolute atomic E-state index is 13.3. The number of primary amides is 1. The summed E-state index contributed by atoms with van der Waals surface area (Å²) in [6.07, 6.45) is 0. The van der Waals surface area contributed by atoms with Gasteiger partial charge in [0, 0.05) is 0 Å². The van der Waals surface area contributed by atoms with Crippen molar-refractivity contribution < 1.29 is 18.0 Å². The van der Waals surface area contributed by atoms with Crippen LogP contribution >= 0.6 is 11.6 Å². The lowest BCUT2D eigenvalue weighted by molar-refractivity contribution is -0.118. The normalized spacial score (nSPS) is 12.0. The molecule has 1 amide bonds. The number of para-hydroxylation sites is 1. The number of benzene rings is 2. The molecule has 0 heterocycles. The predicted octanol–water partition coefficient (Wildman–Crippen LogP) is 3.40. The zero-order chi connectivity index (χ0) is 15.6.